The highest BCUT2D eigenvalue weighted by molar-refractivity contribution is 7.91. The van der Waals surface area contributed by atoms with E-state index in [0.717, 1.165) is 11.3 Å². The molecule has 16 heavy (non-hydrogen) atoms. The molecule has 1 rings (SSSR count). The van der Waals surface area contributed by atoms with Gasteiger partial charge in [-0.05, 0) is 18.6 Å². The fourth-order valence-electron chi connectivity index (χ4n) is 0.946. The number of thiophene rings is 1. The van der Waals surface area contributed by atoms with Crippen LogP contribution in [0.2, 0.25) is 0 Å². The molecule has 0 amide bonds. The molecule has 0 bridgehead atoms. The van der Waals surface area contributed by atoms with Crippen molar-refractivity contribution in [1.82, 2.24) is 4.72 Å². The molecule has 1 aromatic rings. The van der Waals surface area contributed by atoms with E-state index in [1.165, 1.54) is 12.1 Å². The smallest absolute Gasteiger partial charge is 0.250 e. The van der Waals surface area contributed by atoms with E-state index in [0.29, 0.717) is 11.3 Å². The van der Waals surface area contributed by atoms with Crippen molar-refractivity contribution in [2.75, 3.05) is 6.54 Å². The Morgan fingerprint density at radius 2 is 2.31 bits per heavy atom. The summed E-state index contributed by atoms with van der Waals surface area (Å²) < 4.78 is 25.7. The molecule has 0 aliphatic rings. The van der Waals surface area contributed by atoms with Gasteiger partial charge in [-0.3, -0.25) is 0 Å². The van der Waals surface area contributed by atoms with Crippen LogP contribution in [0.1, 0.15) is 18.2 Å². The van der Waals surface area contributed by atoms with E-state index in [-0.39, 0.29) is 10.8 Å². The van der Waals surface area contributed by atoms with Crippen LogP contribution in [-0.4, -0.2) is 26.2 Å². The molecule has 88 valence electrons. The summed E-state index contributed by atoms with van der Waals surface area (Å²) in [6.07, 6.45) is -0.207. The number of rotatable bonds is 5. The van der Waals surface area contributed by atoms with Gasteiger partial charge in [-0.2, -0.15) is 5.26 Å². The SMILES string of the molecule is CCC(O)CNS(=O)(=O)c1ccc(C#N)s1. The summed E-state index contributed by atoms with van der Waals surface area (Å²) in [6, 6.07) is 4.71. The Hall–Kier alpha value is -0.940. The van der Waals surface area contributed by atoms with Crippen molar-refractivity contribution in [3.8, 4) is 6.07 Å². The molecule has 0 radical (unpaired) electrons. The first-order valence-electron chi connectivity index (χ1n) is 4.67. The molecule has 5 nitrogen and oxygen atoms in total. The van der Waals surface area contributed by atoms with E-state index in [1.54, 1.807) is 6.92 Å². The zero-order valence-corrected chi connectivity index (χ0v) is 10.3. The molecule has 7 heteroatoms. The van der Waals surface area contributed by atoms with Gasteiger partial charge in [0.1, 0.15) is 15.2 Å². The third-order valence-electron chi connectivity index (χ3n) is 1.94. The molecule has 0 aliphatic heterocycles. The molecule has 1 atom stereocenters. The third-order valence-corrected chi connectivity index (χ3v) is 4.84. The highest BCUT2D eigenvalue weighted by Gasteiger charge is 2.17. The van der Waals surface area contributed by atoms with Gasteiger partial charge in [0.25, 0.3) is 0 Å². The standard InChI is InChI=1S/C9H12N2O3S2/c1-2-7(12)6-11-16(13,14)9-4-3-8(5-10)15-9/h3-4,7,11-12H,2,6H2,1H3. The maximum Gasteiger partial charge on any atom is 0.250 e. The summed E-state index contributed by atoms with van der Waals surface area (Å²) >= 11 is 0.906. The van der Waals surface area contributed by atoms with Crippen LogP contribution in [0.4, 0.5) is 0 Å². The summed E-state index contributed by atoms with van der Waals surface area (Å²) in [5, 5.41) is 17.8. The summed E-state index contributed by atoms with van der Waals surface area (Å²) in [5.74, 6) is 0. The molecule has 0 saturated heterocycles. The van der Waals surface area contributed by atoms with Crippen molar-refractivity contribution in [3.05, 3.63) is 17.0 Å². The number of nitrogens with one attached hydrogen (secondary N) is 1. The number of sulfonamides is 1. The number of nitriles is 1. The summed E-state index contributed by atoms with van der Waals surface area (Å²) in [7, 11) is -3.60. The van der Waals surface area contributed by atoms with Crippen LogP contribution in [0.3, 0.4) is 0 Å². The van der Waals surface area contributed by atoms with Gasteiger partial charge in [0.15, 0.2) is 0 Å². The molecule has 0 spiro atoms. The van der Waals surface area contributed by atoms with Crippen LogP contribution in [0.25, 0.3) is 0 Å². The van der Waals surface area contributed by atoms with Gasteiger partial charge in [-0.25, -0.2) is 13.1 Å². The molecule has 2 N–H and O–H groups in total. The Morgan fingerprint density at radius 1 is 1.62 bits per heavy atom. The first kappa shape index (κ1) is 13.1. The van der Waals surface area contributed by atoms with Crippen LogP contribution < -0.4 is 4.72 Å². The van der Waals surface area contributed by atoms with Gasteiger partial charge < -0.3 is 5.11 Å². The quantitative estimate of drug-likeness (QED) is 0.814. The molecule has 0 aromatic carbocycles. The minimum absolute atomic E-state index is 0.0153. The lowest BCUT2D eigenvalue weighted by molar-refractivity contribution is 0.174. The molecule has 1 aromatic heterocycles. The largest absolute Gasteiger partial charge is 0.392 e. The lowest BCUT2D eigenvalue weighted by Crippen LogP contribution is -2.31. The molecular weight excluding hydrogens is 248 g/mol. The van der Waals surface area contributed by atoms with E-state index in [9.17, 15) is 13.5 Å². The van der Waals surface area contributed by atoms with Crippen LogP contribution in [-0.2, 0) is 10.0 Å². The molecule has 1 heterocycles. The zero-order valence-electron chi connectivity index (χ0n) is 8.67. The Kier molecular flexibility index (Phi) is 4.44. The fourth-order valence-corrected chi connectivity index (χ4v) is 3.17. The van der Waals surface area contributed by atoms with E-state index >= 15 is 0 Å². The number of aliphatic hydroxyl groups is 1. The predicted octanol–water partition coefficient (Wildman–Crippen LogP) is 0.669. The Labute approximate surface area is 98.4 Å². The highest BCUT2D eigenvalue weighted by Crippen LogP contribution is 2.20. The van der Waals surface area contributed by atoms with E-state index in [1.807, 2.05) is 6.07 Å². The predicted molar refractivity (Wildman–Crippen MR) is 60.5 cm³/mol. The van der Waals surface area contributed by atoms with E-state index in [4.69, 9.17) is 5.26 Å². The van der Waals surface area contributed by atoms with Gasteiger partial charge in [-0.1, -0.05) is 6.92 Å². The maximum atomic E-state index is 11.7. The first-order chi connectivity index (χ1) is 7.49. The third kappa shape index (κ3) is 3.28. The van der Waals surface area contributed by atoms with Crippen LogP contribution >= 0.6 is 11.3 Å². The van der Waals surface area contributed by atoms with Gasteiger partial charge in [0.2, 0.25) is 10.0 Å². The zero-order chi connectivity index (χ0) is 12.2. The van der Waals surface area contributed by atoms with Crippen LogP contribution in [0, 0.1) is 11.3 Å². The fraction of sp³-hybridized carbons (Fsp3) is 0.444. The highest BCUT2D eigenvalue weighted by atomic mass is 32.2. The molecule has 1 unspecified atom stereocenters. The number of hydrogen-bond acceptors (Lipinski definition) is 5. The van der Waals surface area contributed by atoms with E-state index in [2.05, 4.69) is 4.72 Å². The van der Waals surface area contributed by atoms with Gasteiger partial charge in [-0.15, -0.1) is 11.3 Å². The number of nitrogens with zero attached hydrogens (tertiary/aromatic N) is 1. The lowest BCUT2D eigenvalue weighted by Gasteiger charge is -2.08. The molecular formula is C9H12N2O3S2. The summed E-state index contributed by atoms with van der Waals surface area (Å²) in [4.78, 5) is 0.344. The van der Waals surface area contributed by atoms with Crippen molar-refractivity contribution in [3.63, 3.8) is 0 Å². The summed E-state index contributed by atoms with van der Waals surface area (Å²) in [5.41, 5.74) is 0. The lowest BCUT2D eigenvalue weighted by atomic mass is 10.3. The average molecular weight is 260 g/mol. The van der Waals surface area contributed by atoms with Crippen molar-refractivity contribution in [2.45, 2.75) is 23.7 Å². The van der Waals surface area contributed by atoms with Crippen LogP contribution in [0.15, 0.2) is 16.3 Å². The maximum absolute atomic E-state index is 11.7. The monoisotopic (exact) mass is 260 g/mol. The molecule has 0 saturated carbocycles. The van der Waals surface area contributed by atoms with Crippen molar-refractivity contribution < 1.29 is 13.5 Å². The van der Waals surface area contributed by atoms with Gasteiger partial charge in [0, 0.05) is 6.54 Å². The number of hydrogen-bond donors (Lipinski definition) is 2. The second kappa shape index (κ2) is 5.41. The second-order valence-corrected chi connectivity index (χ2v) is 6.22. The Bertz CT molecular complexity index is 487. The Balaban J connectivity index is 2.75. The topological polar surface area (TPSA) is 90.2 Å². The molecule has 0 fully saturated rings. The minimum atomic E-state index is -3.60. The van der Waals surface area contributed by atoms with Crippen LogP contribution in [0.5, 0.6) is 0 Å². The van der Waals surface area contributed by atoms with E-state index < -0.39 is 16.1 Å². The second-order valence-electron chi connectivity index (χ2n) is 3.14. The summed E-state index contributed by atoms with van der Waals surface area (Å²) in [6.45, 7) is 1.75. The normalized spacial score (nSPS) is 13.3. The van der Waals surface area contributed by atoms with Gasteiger partial charge in [0.05, 0.1) is 6.10 Å². The average Bonchev–Trinajstić information content (AvgIpc) is 2.75. The van der Waals surface area contributed by atoms with Crippen molar-refractivity contribution in [2.24, 2.45) is 0 Å². The Morgan fingerprint density at radius 3 is 2.81 bits per heavy atom. The minimum Gasteiger partial charge on any atom is -0.392 e. The van der Waals surface area contributed by atoms with Gasteiger partial charge >= 0.3 is 0 Å². The number of aliphatic hydroxyl groups excluding tert-OH is 1. The molecule has 0 aliphatic carbocycles. The van der Waals surface area contributed by atoms with Crippen molar-refractivity contribution >= 4 is 21.4 Å². The first-order valence-corrected chi connectivity index (χ1v) is 6.97. The van der Waals surface area contributed by atoms with Crippen molar-refractivity contribution in [1.29, 1.82) is 5.26 Å².